The molecule has 0 aliphatic rings. The molecular weight excluding hydrogens is 719 g/mol. The Hall–Kier alpha value is -1.40. The summed E-state index contributed by atoms with van der Waals surface area (Å²) >= 11 is 0. The molecule has 1 amide bonds. The van der Waals surface area contributed by atoms with E-state index in [0.29, 0.717) is 19.4 Å². The Morgan fingerprint density at radius 1 is 0.466 bits per heavy atom. The quantitative estimate of drug-likeness (QED) is 0.0323. The van der Waals surface area contributed by atoms with E-state index in [1.807, 2.05) is 6.08 Å². The SMILES string of the molecule is CCCCCCCCCCCC/C=C/C(O)C(CO)NC(=O)CCCCCCCCCCCCCCCCCOC(=O)CCCCCCCCCCCCCCCC. The largest absolute Gasteiger partial charge is 0.466 e. The van der Waals surface area contributed by atoms with Gasteiger partial charge >= 0.3 is 5.97 Å². The molecule has 0 radical (unpaired) electrons. The van der Waals surface area contributed by atoms with Gasteiger partial charge in [0.25, 0.3) is 0 Å². The van der Waals surface area contributed by atoms with Gasteiger partial charge in [-0.25, -0.2) is 0 Å². The van der Waals surface area contributed by atoms with Gasteiger partial charge in [-0.15, -0.1) is 0 Å². The third-order valence-electron chi connectivity index (χ3n) is 12.1. The Labute approximate surface area is 361 Å². The summed E-state index contributed by atoms with van der Waals surface area (Å²) < 4.78 is 5.47. The fraction of sp³-hybridized carbons (Fsp3) is 0.923. The average Bonchev–Trinajstić information content (AvgIpc) is 3.22. The Morgan fingerprint density at radius 2 is 0.793 bits per heavy atom. The molecule has 58 heavy (non-hydrogen) atoms. The number of ether oxygens (including phenoxy) is 1. The van der Waals surface area contributed by atoms with Crippen LogP contribution in [0.25, 0.3) is 0 Å². The maximum atomic E-state index is 12.4. The van der Waals surface area contributed by atoms with Crippen LogP contribution in [0, 0.1) is 0 Å². The number of carbonyl (C=O) groups excluding carboxylic acids is 2. The highest BCUT2D eigenvalue weighted by atomic mass is 16.5. The molecule has 0 fully saturated rings. The molecule has 0 spiro atoms. The predicted molar refractivity (Wildman–Crippen MR) is 250 cm³/mol. The Balaban J connectivity index is 3.44. The van der Waals surface area contributed by atoms with Crippen LogP contribution in [0.4, 0.5) is 0 Å². The second kappa shape index (κ2) is 48.3. The smallest absolute Gasteiger partial charge is 0.305 e. The molecule has 0 aromatic rings. The molecule has 0 bridgehead atoms. The zero-order valence-electron chi connectivity index (χ0n) is 39.0. The minimum absolute atomic E-state index is 0.00173. The molecule has 344 valence electrons. The number of nitrogens with one attached hydrogen (secondary N) is 1. The van der Waals surface area contributed by atoms with Crippen molar-refractivity contribution in [1.29, 1.82) is 0 Å². The second-order valence-electron chi connectivity index (χ2n) is 17.9. The van der Waals surface area contributed by atoms with Crippen LogP contribution in [-0.4, -0.2) is 47.4 Å². The summed E-state index contributed by atoms with van der Waals surface area (Å²) in [7, 11) is 0. The molecule has 3 N–H and O–H groups in total. The van der Waals surface area contributed by atoms with E-state index in [4.69, 9.17) is 4.74 Å². The van der Waals surface area contributed by atoms with E-state index < -0.39 is 12.1 Å². The molecule has 6 nitrogen and oxygen atoms in total. The first-order chi connectivity index (χ1) is 28.5. The Kier molecular flexibility index (Phi) is 47.1. The van der Waals surface area contributed by atoms with Gasteiger partial charge in [0.1, 0.15) is 0 Å². The number of aliphatic hydroxyl groups excluding tert-OH is 2. The van der Waals surface area contributed by atoms with Crippen LogP contribution in [0.5, 0.6) is 0 Å². The molecule has 0 aromatic carbocycles. The standard InChI is InChI=1S/C52H101NO5/c1-3-5-7-9-11-13-15-17-22-26-30-34-38-42-46-52(57)58-47-43-39-35-31-27-23-20-18-19-21-25-29-33-37-41-45-51(56)53-49(48-54)50(55)44-40-36-32-28-24-16-14-12-10-8-6-4-2/h40,44,49-50,54-55H,3-39,41-43,45-48H2,1-2H3,(H,53,56)/b44-40+. The first kappa shape index (κ1) is 56.6. The average molecular weight is 820 g/mol. The molecule has 0 saturated heterocycles. The number of hydrogen-bond donors (Lipinski definition) is 3. The van der Waals surface area contributed by atoms with Gasteiger partial charge in [-0.1, -0.05) is 251 Å². The Morgan fingerprint density at radius 3 is 1.17 bits per heavy atom. The molecule has 0 aromatic heterocycles. The van der Waals surface area contributed by atoms with Crippen molar-refractivity contribution in [3.05, 3.63) is 12.2 Å². The van der Waals surface area contributed by atoms with Crippen LogP contribution >= 0.6 is 0 Å². The van der Waals surface area contributed by atoms with Crippen molar-refractivity contribution in [2.45, 2.75) is 296 Å². The third-order valence-corrected chi connectivity index (χ3v) is 12.1. The second-order valence-corrected chi connectivity index (χ2v) is 17.9. The summed E-state index contributed by atoms with van der Waals surface area (Å²) in [6.45, 7) is 4.88. The zero-order valence-corrected chi connectivity index (χ0v) is 39.0. The van der Waals surface area contributed by atoms with Crippen LogP contribution in [-0.2, 0) is 14.3 Å². The van der Waals surface area contributed by atoms with Gasteiger partial charge < -0.3 is 20.3 Å². The van der Waals surface area contributed by atoms with Crippen molar-refractivity contribution in [3.8, 4) is 0 Å². The Bertz CT molecular complexity index is 863. The fourth-order valence-corrected chi connectivity index (χ4v) is 8.05. The van der Waals surface area contributed by atoms with Crippen molar-refractivity contribution in [3.63, 3.8) is 0 Å². The van der Waals surface area contributed by atoms with Crippen molar-refractivity contribution in [2.75, 3.05) is 13.2 Å². The van der Waals surface area contributed by atoms with Crippen molar-refractivity contribution < 1.29 is 24.5 Å². The molecule has 0 aliphatic heterocycles. The minimum atomic E-state index is -0.847. The molecule has 0 heterocycles. The van der Waals surface area contributed by atoms with E-state index in [2.05, 4.69) is 19.2 Å². The van der Waals surface area contributed by atoms with Gasteiger partial charge in [0.05, 0.1) is 25.4 Å². The molecule has 6 heteroatoms. The van der Waals surface area contributed by atoms with Gasteiger partial charge in [0.15, 0.2) is 0 Å². The topological polar surface area (TPSA) is 95.9 Å². The normalized spacial score (nSPS) is 12.7. The maximum Gasteiger partial charge on any atom is 0.305 e. The summed E-state index contributed by atoms with van der Waals surface area (Å²) in [5.41, 5.74) is 0. The van der Waals surface area contributed by atoms with E-state index in [9.17, 15) is 19.8 Å². The lowest BCUT2D eigenvalue weighted by Gasteiger charge is -2.20. The molecule has 2 unspecified atom stereocenters. The van der Waals surface area contributed by atoms with Gasteiger partial charge in [0.2, 0.25) is 5.91 Å². The van der Waals surface area contributed by atoms with Crippen molar-refractivity contribution in [2.24, 2.45) is 0 Å². The number of rotatable bonds is 48. The number of esters is 1. The summed E-state index contributed by atoms with van der Waals surface area (Å²) in [5, 5.41) is 23.0. The van der Waals surface area contributed by atoms with Crippen molar-refractivity contribution in [1.82, 2.24) is 5.32 Å². The van der Waals surface area contributed by atoms with Crippen LogP contribution in [0.1, 0.15) is 284 Å². The number of allylic oxidation sites excluding steroid dienone is 1. The molecule has 0 aliphatic carbocycles. The highest BCUT2D eigenvalue weighted by Crippen LogP contribution is 2.16. The lowest BCUT2D eigenvalue weighted by molar-refractivity contribution is -0.143. The van der Waals surface area contributed by atoms with E-state index >= 15 is 0 Å². The van der Waals surface area contributed by atoms with Crippen molar-refractivity contribution >= 4 is 11.9 Å². The number of amides is 1. The van der Waals surface area contributed by atoms with Gasteiger partial charge in [-0.05, 0) is 32.1 Å². The molecular formula is C52H101NO5. The molecule has 0 saturated carbocycles. The van der Waals surface area contributed by atoms with Crippen LogP contribution in [0.3, 0.4) is 0 Å². The van der Waals surface area contributed by atoms with Crippen LogP contribution < -0.4 is 5.32 Å². The number of hydrogen-bond acceptors (Lipinski definition) is 5. The van der Waals surface area contributed by atoms with E-state index in [-0.39, 0.29) is 18.5 Å². The summed E-state index contributed by atoms with van der Waals surface area (Å²) in [6.07, 6.45) is 54.9. The lowest BCUT2D eigenvalue weighted by Crippen LogP contribution is -2.45. The summed E-state index contributed by atoms with van der Waals surface area (Å²) in [5.74, 6) is -0.0747. The monoisotopic (exact) mass is 820 g/mol. The number of unbranched alkanes of at least 4 members (excludes halogenated alkanes) is 37. The number of aliphatic hydroxyl groups is 2. The summed E-state index contributed by atoms with van der Waals surface area (Å²) in [4.78, 5) is 24.4. The number of carbonyl (C=O) groups is 2. The highest BCUT2D eigenvalue weighted by Gasteiger charge is 2.18. The van der Waals surface area contributed by atoms with Gasteiger partial charge in [-0.3, -0.25) is 9.59 Å². The van der Waals surface area contributed by atoms with Gasteiger partial charge in [-0.2, -0.15) is 0 Å². The first-order valence-electron chi connectivity index (χ1n) is 26.0. The van der Waals surface area contributed by atoms with E-state index in [1.54, 1.807) is 6.08 Å². The zero-order chi connectivity index (χ0) is 42.3. The van der Waals surface area contributed by atoms with E-state index in [0.717, 1.165) is 44.9 Å². The van der Waals surface area contributed by atoms with Crippen LogP contribution in [0.2, 0.25) is 0 Å². The lowest BCUT2D eigenvalue weighted by atomic mass is 10.0. The summed E-state index contributed by atoms with van der Waals surface area (Å²) in [6, 6.07) is -0.632. The highest BCUT2D eigenvalue weighted by molar-refractivity contribution is 5.76. The van der Waals surface area contributed by atoms with E-state index in [1.165, 1.54) is 212 Å². The molecule has 0 rings (SSSR count). The van der Waals surface area contributed by atoms with Crippen LogP contribution in [0.15, 0.2) is 12.2 Å². The minimum Gasteiger partial charge on any atom is -0.466 e. The predicted octanol–water partition coefficient (Wildman–Crippen LogP) is 15.3. The third kappa shape index (κ3) is 44.2. The van der Waals surface area contributed by atoms with Gasteiger partial charge in [0, 0.05) is 12.8 Å². The fourth-order valence-electron chi connectivity index (χ4n) is 8.05. The first-order valence-corrected chi connectivity index (χ1v) is 26.0. The molecule has 2 atom stereocenters. The maximum absolute atomic E-state index is 12.4.